The average Bonchev–Trinajstić information content (AvgIpc) is 3.26. The molecule has 7 nitrogen and oxygen atoms in total. The molecule has 3 atom stereocenters. The van der Waals surface area contributed by atoms with Crippen molar-refractivity contribution in [1.29, 1.82) is 0 Å². The van der Waals surface area contributed by atoms with Gasteiger partial charge in [0.2, 0.25) is 0 Å². The number of carbonyl (C=O) groups excluding carboxylic acids is 3. The van der Waals surface area contributed by atoms with E-state index in [1.165, 1.54) is 11.3 Å². The molecule has 1 N–H and O–H groups in total. The lowest BCUT2D eigenvalue weighted by Gasteiger charge is -2.35. The molecule has 0 saturated carbocycles. The zero-order chi connectivity index (χ0) is 21.5. The predicted octanol–water partition coefficient (Wildman–Crippen LogP) is 2.27. The maximum atomic E-state index is 12.7. The van der Waals surface area contributed by atoms with Crippen molar-refractivity contribution < 1.29 is 23.9 Å². The summed E-state index contributed by atoms with van der Waals surface area (Å²) in [6.45, 7) is 4.36. The molecule has 0 radical (unpaired) electrons. The lowest BCUT2D eigenvalue weighted by atomic mass is 10.1. The fourth-order valence-electron chi connectivity index (χ4n) is 3.39. The molecule has 1 aliphatic rings. The highest BCUT2D eigenvalue weighted by Crippen LogP contribution is 2.12. The van der Waals surface area contributed by atoms with Crippen LogP contribution < -0.4 is 5.32 Å². The number of hydrogen-bond donors (Lipinski definition) is 1. The topological polar surface area (TPSA) is 84.9 Å². The summed E-state index contributed by atoms with van der Waals surface area (Å²) < 4.78 is 10.9. The summed E-state index contributed by atoms with van der Waals surface area (Å²) in [6, 6.07) is 11.9. The molecule has 1 saturated heterocycles. The van der Waals surface area contributed by atoms with Crippen LogP contribution >= 0.6 is 11.3 Å². The number of morpholine rings is 1. The number of hydrogen-bond acceptors (Lipinski definition) is 6. The number of thiophene rings is 1. The zero-order valence-corrected chi connectivity index (χ0v) is 17.9. The molecule has 2 amide bonds. The van der Waals surface area contributed by atoms with Crippen molar-refractivity contribution in [1.82, 2.24) is 10.2 Å². The van der Waals surface area contributed by atoms with Crippen molar-refractivity contribution in [3.63, 3.8) is 0 Å². The van der Waals surface area contributed by atoms with E-state index in [2.05, 4.69) is 5.32 Å². The Kier molecular flexibility index (Phi) is 7.59. The molecule has 2 heterocycles. The number of amides is 2. The number of ether oxygens (including phenoxy) is 2. The Labute approximate surface area is 180 Å². The Morgan fingerprint density at radius 1 is 1.13 bits per heavy atom. The molecule has 1 aliphatic heterocycles. The van der Waals surface area contributed by atoms with Crippen molar-refractivity contribution in [2.75, 3.05) is 19.7 Å². The molecular formula is C22H26N2O5S. The SMILES string of the molecule is CC1CN(C(=O)COC(=O)[C@@H](Cc2ccccc2)NC(=O)c2cccs2)CC(C)O1. The molecule has 0 spiro atoms. The third-order valence-corrected chi connectivity index (χ3v) is 5.60. The first-order valence-corrected chi connectivity index (χ1v) is 10.8. The molecular weight excluding hydrogens is 404 g/mol. The quantitative estimate of drug-likeness (QED) is 0.681. The van der Waals surface area contributed by atoms with E-state index in [9.17, 15) is 14.4 Å². The molecule has 0 aliphatic carbocycles. The van der Waals surface area contributed by atoms with Crippen molar-refractivity contribution in [2.24, 2.45) is 0 Å². The van der Waals surface area contributed by atoms with Gasteiger partial charge >= 0.3 is 5.97 Å². The molecule has 1 aromatic heterocycles. The number of carbonyl (C=O) groups is 3. The van der Waals surface area contributed by atoms with Crippen LogP contribution in [0.2, 0.25) is 0 Å². The highest BCUT2D eigenvalue weighted by molar-refractivity contribution is 7.12. The second-order valence-electron chi connectivity index (χ2n) is 7.36. The first-order valence-electron chi connectivity index (χ1n) is 9.90. The summed E-state index contributed by atoms with van der Waals surface area (Å²) in [7, 11) is 0. The Bertz CT molecular complexity index is 846. The van der Waals surface area contributed by atoms with Gasteiger partial charge in [-0.05, 0) is 30.9 Å². The van der Waals surface area contributed by atoms with Gasteiger partial charge in [0.1, 0.15) is 6.04 Å². The summed E-state index contributed by atoms with van der Waals surface area (Å²) in [5, 5.41) is 4.53. The van der Waals surface area contributed by atoms with Gasteiger partial charge in [0.05, 0.1) is 17.1 Å². The smallest absolute Gasteiger partial charge is 0.329 e. The van der Waals surface area contributed by atoms with E-state index in [0.717, 1.165) is 5.56 Å². The van der Waals surface area contributed by atoms with Crippen LogP contribution in [-0.2, 0) is 25.5 Å². The second kappa shape index (κ2) is 10.4. The van der Waals surface area contributed by atoms with Gasteiger partial charge in [-0.25, -0.2) is 4.79 Å². The van der Waals surface area contributed by atoms with Gasteiger partial charge in [0.15, 0.2) is 6.61 Å². The van der Waals surface area contributed by atoms with Crippen molar-refractivity contribution in [3.05, 3.63) is 58.3 Å². The normalized spacial score (nSPS) is 19.7. The standard InChI is InChI=1S/C22H26N2O5S/c1-15-12-24(13-16(2)29-15)20(25)14-28-22(27)18(11-17-7-4-3-5-8-17)23-21(26)19-9-6-10-30-19/h3-10,15-16,18H,11-14H2,1-2H3,(H,23,26)/t15?,16?,18-/m1/s1. The van der Waals surface area contributed by atoms with Crippen LogP contribution in [0.15, 0.2) is 47.8 Å². The Morgan fingerprint density at radius 3 is 2.47 bits per heavy atom. The fraction of sp³-hybridized carbons (Fsp3) is 0.409. The zero-order valence-electron chi connectivity index (χ0n) is 17.1. The Hall–Kier alpha value is -2.71. The van der Waals surface area contributed by atoms with E-state index < -0.39 is 12.0 Å². The van der Waals surface area contributed by atoms with Crippen LogP contribution in [0.5, 0.6) is 0 Å². The van der Waals surface area contributed by atoms with Gasteiger partial charge in [-0.2, -0.15) is 0 Å². The van der Waals surface area contributed by atoms with E-state index in [0.29, 0.717) is 18.0 Å². The molecule has 2 aromatic rings. The molecule has 160 valence electrons. The van der Waals surface area contributed by atoms with E-state index in [-0.39, 0.29) is 37.0 Å². The summed E-state index contributed by atoms with van der Waals surface area (Å²) in [6.07, 6.45) is 0.144. The van der Waals surface area contributed by atoms with Crippen LogP contribution in [0.4, 0.5) is 0 Å². The van der Waals surface area contributed by atoms with Gasteiger partial charge in [-0.1, -0.05) is 36.4 Å². The summed E-state index contributed by atoms with van der Waals surface area (Å²) in [5.41, 5.74) is 0.882. The molecule has 1 fully saturated rings. The van der Waals surface area contributed by atoms with Crippen LogP contribution in [0.3, 0.4) is 0 Å². The van der Waals surface area contributed by atoms with E-state index in [1.54, 1.807) is 22.4 Å². The third kappa shape index (κ3) is 6.14. The summed E-state index contributed by atoms with van der Waals surface area (Å²) >= 11 is 1.29. The molecule has 30 heavy (non-hydrogen) atoms. The summed E-state index contributed by atoms with van der Waals surface area (Å²) in [4.78, 5) is 39.9. The van der Waals surface area contributed by atoms with Crippen molar-refractivity contribution in [3.8, 4) is 0 Å². The highest BCUT2D eigenvalue weighted by Gasteiger charge is 2.28. The predicted molar refractivity (Wildman–Crippen MR) is 113 cm³/mol. The van der Waals surface area contributed by atoms with Crippen LogP contribution in [0.25, 0.3) is 0 Å². The average molecular weight is 431 g/mol. The van der Waals surface area contributed by atoms with E-state index >= 15 is 0 Å². The lowest BCUT2D eigenvalue weighted by Crippen LogP contribution is -2.50. The van der Waals surface area contributed by atoms with Crippen LogP contribution in [-0.4, -0.2) is 60.6 Å². The van der Waals surface area contributed by atoms with E-state index in [1.807, 2.05) is 44.2 Å². The number of benzene rings is 1. The molecule has 2 unspecified atom stereocenters. The first-order chi connectivity index (χ1) is 14.4. The largest absolute Gasteiger partial charge is 0.454 e. The highest BCUT2D eigenvalue weighted by atomic mass is 32.1. The summed E-state index contributed by atoms with van der Waals surface area (Å²) in [5.74, 6) is -1.25. The number of esters is 1. The van der Waals surface area contributed by atoms with Crippen molar-refractivity contribution >= 4 is 29.1 Å². The molecule has 3 rings (SSSR count). The molecule has 0 bridgehead atoms. The van der Waals surface area contributed by atoms with Gasteiger partial charge in [0.25, 0.3) is 11.8 Å². The van der Waals surface area contributed by atoms with Crippen molar-refractivity contribution in [2.45, 2.75) is 38.5 Å². The third-order valence-electron chi connectivity index (χ3n) is 4.73. The van der Waals surface area contributed by atoms with Crippen LogP contribution in [0.1, 0.15) is 29.1 Å². The van der Waals surface area contributed by atoms with Gasteiger partial charge in [0, 0.05) is 19.5 Å². The molecule has 1 aromatic carbocycles. The van der Waals surface area contributed by atoms with E-state index in [4.69, 9.17) is 9.47 Å². The Balaban J connectivity index is 1.62. The molecule has 8 heteroatoms. The minimum atomic E-state index is -0.891. The van der Waals surface area contributed by atoms with Gasteiger partial charge in [-0.3, -0.25) is 9.59 Å². The maximum absolute atomic E-state index is 12.7. The first kappa shape index (κ1) is 22.0. The van der Waals surface area contributed by atoms with Gasteiger partial charge in [-0.15, -0.1) is 11.3 Å². The minimum Gasteiger partial charge on any atom is -0.454 e. The minimum absolute atomic E-state index is 0.0654. The lowest BCUT2D eigenvalue weighted by molar-refractivity contribution is -0.158. The van der Waals surface area contributed by atoms with Crippen LogP contribution in [0, 0.1) is 0 Å². The Morgan fingerprint density at radius 2 is 1.83 bits per heavy atom. The number of nitrogens with one attached hydrogen (secondary N) is 1. The second-order valence-corrected chi connectivity index (χ2v) is 8.30. The number of nitrogens with zero attached hydrogens (tertiary/aromatic N) is 1. The maximum Gasteiger partial charge on any atom is 0.329 e. The monoisotopic (exact) mass is 430 g/mol. The number of rotatable bonds is 7. The fourth-order valence-corrected chi connectivity index (χ4v) is 4.01. The van der Waals surface area contributed by atoms with Gasteiger partial charge < -0.3 is 19.7 Å².